The molecule has 0 saturated carbocycles. The molecule has 0 spiro atoms. The lowest BCUT2D eigenvalue weighted by atomic mass is 10.2. The first-order valence-corrected chi connectivity index (χ1v) is 6.27. The maximum absolute atomic E-state index is 8.94. The first kappa shape index (κ1) is 13.1. The highest BCUT2D eigenvalue weighted by Crippen LogP contribution is 2.26. The Balaban J connectivity index is 2.08. The SMILES string of the molecule is N#Cc1ccnc(N2CCN(CCO)CC2)c1Cl. The van der Waals surface area contributed by atoms with Gasteiger partial charge in [-0.15, -0.1) is 0 Å². The highest BCUT2D eigenvalue weighted by molar-refractivity contribution is 6.34. The van der Waals surface area contributed by atoms with Gasteiger partial charge >= 0.3 is 0 Å². The van der Waals surface area contributed by atoms with Gasteiger partial charge in [-0.1, -0.05) is 11.6 Å². The number of aliphatic hydroxyl groups excluding tert-OH is 1. The molecule has 18 heavy (non-hydrogen) atoms. The molecule has 0 bridgehead atoms. The third kappa shape index (κ3) is 2.72. The number of aliphatic hydroxyl groups is 1. The van der Waals surface area contributed by atoms with Gasteiger partial charge in [0.1, 0.15) is 16.9 Å². The number of halogens is 1. The van der Waals surface area contributed by atoms with Crippen LogP contribution >= 0.6 is 11.6 Å². The molecule has 0 radical (unpaired) electrons. The molecule has 1 fully saturated rings. The van der Waals surface area contributed by atoms with Crippen LogP contribution in [-0.4, -0.2) is 54.3 Å². The average molecular weight is 267 g/mol. The van der Waals surface area contributed by atoms with Gasteiger partial charge in [0.15, 0.2) is 0 Å². The molecule has 0 aromatic carbocycles. The van der Waals surface area contributed by atoms with Crippen molar-refractivity contribution in [2.24, 2.45) is 0 Å². The lowest BCUT2D eigenvalue weighted by Crippen LogP contribution is -2.47. The normalized spacial score (nSPS) is 16.6. The molecule has 2 rings (SSSR count). The van der Waals surface area contributed by atoms with Crippen molar-refractivity contribution in [3.63, 3.8) is 0 Å². The van der Waals surface area contributed by atoms with Crippen LogP contribution in [-0.2, 0) is 0 Å². The summed E-state index contributed by atoms with van der Waals surface area (Å²) in [5, 5.41) is 18.3. The summed E-state index contributed by atoms with van der Waals surface area (Å²) in [5.74, 6) is 0.680. The van der Waals surface area contributed by atoms with Gasteiger partial charge in [-0.3, -0.25) is 4.90 Å². The van der Waals surface area contributed by atoms with E-state index >= 15 is 0 Å². The largest absolute Gasteiger partial charge is 0.395 e. The minimum absolute atomic E-state index is 0.183. The molecule has 0 unspecified atom stereocenters. The Labute approximate surface area is 111 Å². The van der Waals surface area contributed by atoms with E-state index in [1.165, 1.54) is 0 Å². The van der Waals surface area contributed by atoms with E-state index in [2.05, 4.69) is 20.9 Å². The maximum Gasteiger partial charge on any atom is 0.148 e. The number of rotatable bonds is 3. The summed E-state index contributed by atoms with van der Waals surface area (Å²) in [6, 6.07) is 3.68. The van der Waals surface area contributed by atoms with E-state index in [1.54, 1.807) is 12.3 Å². The van der Waals surface area contributed by atoms with Gasteiger partial charge < -0.3 is 10.0 Å². The first-order valence-electron chi connectivity index (χ1n) is 5.89. The van der Waals surface area contributed by atoms with Crippen LogP contribution in [0.2, 0.25) is 5.02 Å². The second kappa shape index (κ2) is 6.01. The second-order valence-electron chi connectivity index (χ2n) is 4.16. The zero-order chi connectivity index (χ0) is 13.0. The van der Waals surface area contributed by atoms with Gasteiger partial charge in [0, 0.05) is 38.9 Å². The van der Waals surface area contributed by atoms with E-state index < -0.39 is 0 Å². The molecule has 96 valence electrons. The van der Waals surface area contributed by atoms with Crippen LogP contribution in [0.1, 0.15) is 5.56 Å². The van der Waals surface area contributed by atoms with Gasteiger partial charge in [0.25, 0.3) is 0 Å². The molecule has 0 atom stereocenters. The zero-order valence-electron chi connectivity index (χ0n) is 10.0. The molecule has 1 N–H and O–H groups in total. The van der Waals surface area contributed by atoms with Gasteiger partial charge in [-0.05, 0) is 6.07 Å². The molecule has 1 saturated heterocycles. The van der Waals surface area contributed by atoms with Gasteiger partial charge in [-0.25, -0.2) is 4.98 Å². The standard InChI is InChI=1S/C12H15ClN4O/c13-11-10(9-14)1-2-15-12(11)17-5-3-16(4-6-17)7-8-18/h1-2,18H,3-8H2. The molecular formula is C12H15ClN4O. The van der Waals surface area contributed by atoms with Crippen LogP contribution in [0.15, 0.2) is 12.3 Å². The number of piperazine rings is 1. The Morgan fingerprint density at radius 1 is 1.39 bits per heavy atom. The lowest BCUT2D eigenvalue weighted by Gasteiger charge is -2.35. The fourth-order valence-corrected chi connectivity index (χ4v) is 2.34. The van der Waals surface area contributed by atoms with E-state index in [0.29, 0.717) is 22.9 Å². The summed E-state index contributed by atoms with van der Waals surface area (Å²) in [6.07, 6.45) is 1.61. The third-order valence-electron chi connectivity index (χ3n) is 3.08. The van der Waals surface area contributed by atoms with Crippen molar-refractivity contribution >= 4 is 17.4 Å². The number of hydrogen-bond acceptors (Lipinski definition) is 5. The number of aromatic nitrogens is 1. The molecule has 0 aliphatic carbocycles. The quantitative estimate of drug-likeness (QED) is 0.874. The van der Waals surface area contributed by atoms with Crippen LogP contribution < -0.4 is 4.90 Å². The number of β-amino-alcohol motifs (C(OH)–C–C–N with tert-alkyl or cyclic N) is 1. The van der Waals surface area contributed by atoms with E-state index in [1.807, 2.05) is 0 Å². The topological polar surface area (TPSA) is 63.4 Å². The Morgan fingerprint density at radius 3 is 2.72 bits per heavy atom. The second-order valence-corrected chi connectivity index (χ2v) is 4.54. The van der Waals surface area contributed by atoms with Crippen LogP contribution in [0.5, 0.6) is 0 Å². The van der Waals surface area contributed by atoms with Crippen molar-refractivity contribution < 1.29 is 5.11 Å². The zero-order valence-corrected chi connectivity index (χ0v) is 10.8. The number of hydrogen-bond donors (Lipinski definition) is 1. The summed E-state index contributed by atoms with van der Waals surface area (Å²) >= 11 is 6.16. The molecule has 1 aliphatic rings. The van der Waals surface area contributed by atoms with Crippen molar-refractivity contribution in [1.29, 1.82) is 5.26 Å². The number of anilines is 1. The molecule has 5 nitrogen and oxygen atoms in total. The van der Waals surface area contributed by atoms with E-state index in [-0.39, 0.29) is 6.61 Å². The summed E-state index contributed by atoms with van der Waals surface area (Å²) < 4.78 is 0. The molecule has 1 aromatic rings. The van der Waals surface area contributed by atoms with Crippen LogP contribution in [0, 0.1) is 11.3 Å². The highest BCUT2D eigenvalue weighted by atomic mass is 35.5. The minimum Gasteiger partial charge on any atom is -0.395 e. The minimum atomic E-state index is 0.183. The van der Waals surface area contributed by atoms with Crippen LogP contribution in [0.3, 0.4) is 0 Å². The Kier molecular flexibility index (Phi) is 4.37. The number of nitrogens with zero attached hydrogens (tertiary/aromatic N) is 4. The maximum atomic E-state index is 8.94. The Hall–Kier alpha value is -1.35. The average Bonchev–Trinajstić information content (AvgIpc) is 2.41. The molecular weight excluding hydrogens is 252 g/mol. The van der Waals surface area contributed by atoms with Crippen molar-refractivity contribution in [2.45, 2.75) is 0 Å². The summed E-state index contributed by atoms with van der Waals surface area (Å²) in [5.41, 5.74) is 0.458. The molecule has 2 heterocycles. The highest BCUT2D eigenvalue weighted by Gasteiger charge is 2.20. The van der Waals surface area contributed by atoms with E-state index in [9.17, 15) is 0 Å². The fourth-order valence-electron chi connectivity index (χ4n) is 2.06. The van der Waals surface area contributed by atoms with E-state index in [0.717, 1.165) is 26.2 Å². The van der Waals surface area contributed by atoms with Crippen molar-refractivity contribution in [1.82, 2.24) is 9.88 Å². The Bertz CT molecular complexity index is 452. The summed E-state index contributed by atoms with van der Waals surface area (Å²) in [4.78, 5) is 8.53. The predicted molar refractivity (Wildman–Crippen MR) is 69.7 cm³/mol. The first-order chi connectivity index (χ1) is 8.76. The van der Waals surface area contributed by atoms with Gasteiger partial charge in [0.2, 0.25) is 0 Å². The van der Waals surface area contributed by atoms with Crippen molar-refractivity contribution in [3.8, 4) is 6.07 Å². The smallest absolute Gasteiger partial charge is 0.148 e. The van der Waals surface area contributed by atoms with Crippen molar-refractivity contribution in [3.05, 3.63) is 22.8 Å². The van der Waals surface area contributed by atoms with E-state index in [4.69, 9.17) is 22.0 Å². The third-order valence-corrected chi connectivity index (χ3v) is 3.45. The predicted octanol–water partition coefficient (Wildman–Crippen LogP) is 0.721. The summed E-state index contributed by atoms with van der Waals surface area (Å²) in [6.45, 7) is 4.24. The number of nitriles is 1. The number of pyridine rings is 1. The molecule has 0 amide bonds. The monoisotopic (exact) mass is 266 g/mol. The van der Waals surface area contributed by atoms with Gasteiger partial charge in [0.05, 0.1) is 12.2 Å². The summed E-state index contributed by atoms with van der Waals surface area (Å²) in [7, 11) is 0. The molecule has 1 aliphatic heterocycles. The fraction of sp³-hybridized carbons (Fsp3) is 0.500. The molecule has 1 aromatic heterocycles. The van der Waals surface area contributed by atoms with Crippen LogP contribution in [0.4, 0.5) is 5.82 Å². The molecule has 6 heteroatoms. The van der Waals surface area contributed by atoms with Crippen molar-refractivity contribution in [2.75, 3.05) is 44.2 Å². The Morgan fingerprint density at radius 2 is 2.11 bits per heavy atom. The van der Waals surface area contributed by atoms with Crippen LogP contribution in [0.25, 0.3) is 0 Å². The lowest BCUT2D eigenvalue weighted by molar-refractivity contribution is 0.188. The van der Waals surface area contributed by atoms with Gasteiger partial charge in [-0.2, -0.15) is 5.26 Å².